The predicted molar refractivity (Wildman–Crippen MR) is 110 cm³/mol. The zero-order chi connectivity index (χ0) is 18.6. The minimum Gasteiger partial charge on any atom is -0.368 e. The number of aryl methyl sites for hydroxylation is 3. The van der Waals surface area contributed by atoms with E-state index >= 15 is 0 Å². The second-order valence-electron chi connectivity index (χ2n) is 6.82. The van der Waals surface area contributed by atoms with Crippen molar-refractivity contribution in [2.75, 3.05) is 11.9 Å². The standard InChI is InChI=1S/C22H23N5/c1-16-8-9-18(14-17(16)2)21-19-6-3-4-7-20(19)22(26-25-21)24-10-5-12-27-13-11-23-15-27/h3-4,6-9,11,13-15H,5,10,12H2,1-2H3,(H,24,26). The molecule has 0 saturated carbocycles. The van der Waals surface area contributed by atoms with Crippen LogP contribution in [-0.4, -0.2) is 26.3 Å². The maximum Gasteiger partial charge on any atom is 0.156 e. The molecule has 0 amide bonds. The van der Waals surface area contributed by atoms with Crippen LogP contribution < -0.4 is 5.32 Å². The molecule has 5 heteroatoms. The number of fused-ring (bicyclic) bond motifs is 1. The molecule has 136 valence electrons. The molecule has 0 saturated heterocycles. The number of nitrogens with one attached hydrogen (secondary N) is 1. The second kappa shape index (κ2) is 7.58. The summed E-state index contributed by atoms with van der Waals surface area (Å²) in [5, 5.41) is 14.7. The lowest BCUT2D eigenvalue weighted by molar-refractivity contribution is 0.660. The van der Waals surface area contributed by atoms with Gasteiger partial charge in [-0.1, -0.05) is 36.4 Å². The topological polar surface area (TPSA) is 55.6 Å². The van der Waals surface area contributed by atoms with Crippen molar-refractivity contribution in [3.8, 4) is 11.3 Å². The molecule has 0 unspecified atom stereocenters. The first-order valence-corrected chi connectivity index (χ1v) is 9.25. The Morgan fingerprint density at radius 3 is 2.59 bits per heavy atom. The Labute approximate surface area is 159 Å². The molecule has 0 aliphatic rings. The maximum absolute atomic E-state index is 4.55. The van der Waals surface area contributed by atoms with Crippen molar-refractivity contribution in [2.24, 2.45) is 0 Å². The number of imidazole rings is 1. The van der Waals surface area contributed by atoms with Crippen LogP contribution in [0, 0.1) is 13.8 Å². The van der Waals surface area contributed by atoms with E-state index in [0.29, 0.717) is 0 Å². The van der Waals surface area contributed by atoms with Gasteiger partial charge in [-0.15, -0.1) is 10.2 Å². The summed E-state index contributed by atoms with van der Waals surface area (Å²) in [6.45, 7) is 6.02. The van der Waals surface area contributed by atoms with Crippen molar-refractivity contribution in [3.63, 3.8) is 0 Å². The zero-order valence-electron chi connectivity index (χ0n) is 15.7. The van der Waals surface area contributed by atoms with E-state index in [4.69, 9.17) is 0 Å². The lowest BCUT2D eigenvalue weighted by atomic mass is 10.0. The molecule has 0 radical (unpaired) electrons. The number of hydrogen-bond acceptors (Lipinski definition) is 4. The quantitative estimate of drug-likeness (QED) is 0.512. The molecule has 1 N–H and O–H groups in total. The minimum atomic E-state index is 0.833. The molecule has 0 aliphatic heterocycles. The SMILES string of the molecule is Cc1ccc(-c2nnc(NCCCn3ccnc3)c3ccccc23)cc1C. The highest BCUT2D eigenvalue weighted by molar-refractivity contribution is 6.00. The number of rotatable bonds is 6. The molecule has 0 spiro atoms. The van der Waals surface area contributed by atoms with Gasteiger partial charge >= 0.3 is 0 Å². The molecule has 4 rings (SSSR count). The van der Waals surface area contributed by atoms with Crippen LogP contribution in [0.1, 0.15) is 17.5 Å². The number of anilines is 1. The van der Waals surface area contributed by atoms with Crippen LogP contribution >= 0.6 is 0 Å². The van der Waals surface area contributed by atoms with Gasteiger partial charge in [0.15, 0.2) is 5.82 Å². The number of hydrogen-bond donors (Lipinski definition) is 1. The van der Waals surface area contributed by atoms with E-state index in [-0.39, 0.29) is 0 Å². The summed E-state index contributed by atoms with van der Waals surface area (Å²) < 4.78 is 2.08. The summed E-state index contributed by atoms with van der Waals surface area (Å²) in [6.07, 6.45) is 6.62. The Kier molecular flexibility index (Phi) is 4.83. The molecule has 2 aromatic carbocycles. The Bertz CT molecular complexity index is 1050. The first-order chi connectivity index (χ1) is 13.2. The van der Waals surface area contributed by atoms with Gasteiger partial charge in [-0.05, 0) is 37.5 Å². The molecule has 27 heavy (non-hydrogen) atoms. The predicted octanol–water partition coefficient (Wildman–Crippen LogP) is 4.61. The van der Waals surface area contributed by atoms with Gasteiger partial charge in [0.2, 0.25) is 0 Å². The smallest absolute Gasteiger partial charge is 0.156 e. The van der Waals surface area contributed by atoms with Gasteiger partial charge in [0.1, 0.15) is 5.69 Å². The number of aromatic nitrogens is 4. The molecule has 0 aliphatic carbocycles. The van der Waals surface area contributed by atoms with E-state index in [1.165, 1.54) is 11.1 Å². The highest BCUT2D eigenvalue weighted by atomic mass is 15.2. The monoisotopic (exact) mass is 357 g/mol. The van der Waals surface area contributed by atoms with Crippen molar-refractivity contribution in [1.82, 2.24) is 19.7 Å². The van der Waals surface area contributed by atoms with Gasteiger partial charge in [-0.2, -0.15) is 0 Å². The molecule has 0 atom stereocenters. The van der Waals surface area contributed by atoms with E-state index in [9.17, 15) is 0 Å². The van der Waals surface area contributed by atoms with Crippen LogP contribution in [0.3, 0.4) is 0 Å². The fourth-order valence-electron chi connectivity index (χ4n) is 3.22. The zero-order valence-corrected chi connectivity index (χ0v) is 15.7. The Morgan fingerprint density at radius 2 is 1.81 bits per heavy atom. The fourth-order valence-corrected chi connectivity index (χ4v) is 3.22. The fraction of sp³-hybridized carbons (Fsp3) is 0.227. The summed E-state index contributed by atoms with van der Waals surface area (Å²) in [5.74, 6) is 0.837. The summed E-state index contributed by atoms with van der Waals surface area (Å²) in [4.78, 5) is 4.07. The minimum absolute atomic E-state index is 0.833. The molecule has 0 fully saturated rings. The van der Waals surface area contributed by atoms with Crippen molar-refractivity contribution >= 4 is 16.6 Å². The molecular weight excluding hydrogens is 334 g/mol. The van der Waals surface area contributed by atoms with Crippen LogP contribution in [0.2, 0.25) is 0 Å². The van der Waals surface area contributed by atoms with E-state index in [2.05, 4.69) is 75.3 Å². The van der Waals surface area contributed by atoms with E-state index in [0.717, 1.165) is 47.4 Å². The van der Waals surface area contributed by atoms with Crippen molar-refractivity contribution in [3.05, 3.63) is 72.3 Å². The highest BCUT2D eigenvalue weighted by Gasteiger charge is 2.11. The van der Waals surface area contributed by atoms with Gasteiger partial charge < -0.3 is 9.88 Å². The van der Waals surface area contributed by atoms with Crippen LogP contribution in [0.5, 0.6) is 0 Å². The average molecular weight is 357 g/mol. The van der Waals surface area contributed by atoms with Crippen LogP contribution in [-0.2, 0) is 6.54 Å². The van der Waals surface area contributed by atoms with Gasteiger partial charge in [0, 0.05) is 41.8 Å². The third-order valence-electron chi connectivity index (χ3n) is 4.91. The number of nitrogens with zero attached hydrogens (tertiary/aromatic N) is 4. The molecule has 0 bridgehead atoms. The normalized spacial score (nSPS) is 11.0. The summed E-state index contributed by atoms with van der Waals surface area (Å²) in [6, 6.07) is 14.8. The summed E-state index contributed by atoms with van der Waals surface area (Å²) >= 11 is 0. The lowest BCUT2D eigenvalue weighted by Crippen LogP contribution is -2.08. The molecular formula is C22H23N5. The lowest BCUT2D eigenvalue weighted by Gasteiger charge is -2.12. The second-order valence-corrected chi connectivity index (χ2v) is 6.82. The molecule has 5 nitrogen and oxygen atoms in total. The summed E-state index contributed by atoms with van der Waals surface area (Å²) in [5.41, 5.74) is 4.58. The van der Waals surface area contributed by atoms with E-state index in [1.807, 2.05) is 18.6 Å². The van der Waals surface area contributed by atoms with Gasteiger partial charge in [-0.3, -0.25) is 0 Å². The Balaban J connectivity index is 1.59. The van der Waals surface area contributed by atoms with Crippen LogP contribution in [0.25, 0.3) is 22.0 Å². The Morgan fingerprint density at radius 1 is 0.963 bits per heavy atom. The third-order valence-corrected chi connectivity index (χ3v) is 4.91. The average Bonchev–Trinajstić information content (AvgIpc) is 3.21. The van der Waals surface area contributed by atoms with Gasteiger partial charge in [0.05, 0.1) is 6.33 Å². The van der Waals surface area contributed by atoms with Crippen molar-refractivity contribution in [1.29, 1.82) is 0 Å². The highest BCUT2D eigenvalue weighted by Crippen LogP contribution is 2.30. The van der Waals surface area contributed by atoms with Crippen LogP contribution in [0.15, 0.2) is 61.2 Å². The summed E-state index contributed by atoms with van der Waals surface area (Å²) in [7, 11) is 0. The van der Waals surface area contributed by atoms with Gasteiger partial charge in [0.25, 0.3) is 0 Å². The van der Waals surface area contributed by atoms with E-state index in [1.54, 1.807) is 6.20 Å². The van der Waals surface area contributed by atoms with Crippen molar-refractivity contribution in [2.45, 2.75) is 26.8 Å². The van der Waals surface area contributed by atoms with E-state index < -0.39 is 0 Å². The number of benzene rings is 2. The first-order valence-electron chi connectivity index (χ1n) is 9.25. The Hall–Kier alpha value is -3.21. The molecule has 4 aromatic rings. The first kappa shape index (κ1) is 17.2. The van der Waals surface area contributed by atoms with Crippen molar-refractivity contribution < 1.29 is 0 Å². The molecule has 2 heterocycles. The third kappa shape index (κ3) is 3.67. The van der Waals surface area contributed by atoms with Crippen LogP contribution in [0.4, 0.5) is 5.82 Å². The molecule has 2 aromatic heterocycles. The van der Waals surface area contributed by atoms with Gasteiger partial charge in [-0.25, -0.2) is 4.98 Å². The maximum atomic E-state index is 4.55. The largest absolute Gasteiger partial charge is 0.368 e.